The predicted octanol–water partition coefficient (Wildman–Crippen LogP) is 5.16. The van der Waals surface area contributed by atoms with Gasteiger partial charge in [0.25, 0.3) is 17.7 Å². The molecule has 172 valence electrons. The summed E-state index contributed by atoms with van der Waals surface area (Å²) >= 11 is 19.2. The highest BCUT2D eigenvalue weighted by Crippen LogP contribution is 2.43. The molecule has 33 heavy (non-hydrogen) atoms. The Kier molecular flexibility index (Phi) is 7.29. The molecule has 0 spiro atoms. The first kappa shape index (κ1) is 24.4. The Balaban J connectivity index is 1.71. The van der Waals surface area contributed by atoms with Gasteiger partial charge in [0.1, 0.15) is 6.54 Å². The van der Waals surface area contributed by atoms with E-state index >= 15 is 0 Å². The first-order chi connectivity index (χ1) is 15.7. The monoisotopic (exact) mass is 614 g/mol. The molecule has 1 aliphatic carbocycles. The smallest absolute Gasteiger partial charge is 0.273 e. The van der Waals surface area contributed by atoms with Crippen LogP contribution in [0.4, 0.5) is 0 Å². The van der Waals surface area contributed by atoms with Gasteiger partial charge in [-0.05, 0) is 31.0 Å². The molecule has 1 heterocycles. The van der Waals surface area contributed by atoms with E-state index in [2.05, 4.69) is 31.9 Å². The molecule has 0 radical (unpaired) electrons. The average molecular weight is 617 g/mol. The number of alkyl halides is 2. The number of hydrogen-bond donors (Lipinski definition) is 0. The van der Waals surface area contributed by atoms with E-state index in [1.165, 1.54) is 18.2 Å². The van der Waals surface area contributed by atoms with Gasteiger partial charge in [0, 0.05) is 20.8 Å². The number of carbonyl (C=O) groups is 4. The van der Waals surface area contributed by atoms with E-state index in [1.54, 1.807) is 30.3 Å². The van der Waals surface area contributed by atoms with Crippen molar-refractivity contribution in [3.8, 4) is 0 Å². The second kappa shape index (κ2) is 9.86. The molecular formula is C23H18Br2Cl2N2O4. The van der Waals surface area contributed by atoms with Crippen LogP contribution >= 0.6 is 55.1 Å². The first-order valence-electron chi connectivity index (χ1n) is 10.2. The summed E-state index contributed by atoms with van der Waals surface area (Å²) in [4.78, 5) is 53.2. The fourth-order valence-electron chi connectivity index (χ4n) is 4.18. The summed E-state index contributed by atoms with van der Waals surface area (Å²) in [6.07, 6.45) is 0.895. The molecule has 1 saturated heterocycles. The molecule has 0 N–H and O–H groups in total. The van der Waals surface area contributed by atoms with Gasteiger partial charge in [0.05, 0.1) is 21.9 Å². The Morgan fingerprint density at radius 1 is 0.879 bits per heavy atom. The lowest BCUT2D eigenvalue weighted by Gasteiger charge is -2.30. The van der Waals surface area contributed by atoms with Crippen molar-refractivity contribution < 1.29 is 19.2 Å². The van der Waals surface area contributed by atoms with E-state index in [0.29, 0.717) is 18.4 Å². The lowest BCUT2D eigenvalue weighted by atomic mass is 9.81. The number of carbonyl (C=O) groups excluding carboxylic acids is 4. The third-order valence-corrected chi connectivity index (χ3v) is 9.39. The van der Waals surface area contributed by atoms with Crippen molar-refractivity contribution in [1.29, 1.82) is 0 Å². The van der Waals surface area contributed by atoms with Crippen molar-refractivity contribution in [2.24, 2.45) is 11.8 Å². The molecule has 4 rings (SSSR count). The molecule has 3 amide bonds. The summed E-state index contributed by atoms with van der Waals surface area (Å²) in [7, 11) is 0. The van der Waals surface area contributed by atoms with E-state index in [0.717, 1.165) is 10.0 Å². The van der Waals surface area contributed by atoms with Gasteiger partial charge in [-0.15, -0.1) is 0 Å². The fraction of sp³-hybridized carbons (Fsp3) is 0.304. The first-order valence-corrected chi connectivity index (χ1v) is 12.8. The maximum atomic E-state index is 13.5. The number of halogens is 4. The lowest BCUT2D eigenvalue weighted by Crippen LogP contribution is -2.52. The van der Waals surface area contributed by atoms with Crippen LogP contribution < -0.4 is 0 Å². The summed E-state index contributed by atoms with van der Waals surface area (Å²) in [5.41, 5.74) is 0.472. The van der Waals surface area contributed by atoms with Crippen molar-refractivity contribution in [3.63, 3.8) is 0 Å². The summed E-state index contributed by atoms with van der Waals surface area (Å²) in [6.45, 7) is -0.477. The molecule has 1 saturated carbocycles. The number of imide groups is 1. The molecule has 10 heteroatoms. The standard InChI is InChI=1S/C23H18Br2Cl2N2O4/c24-16-9-14-15(10-17(16)25)23(33)29(22(14)32)28(11-20(30)12-4-2-1-3-5-12)21(31)13-6-7-18(26)19(27)8-13/h1-8,14-17H,9-11H2/t14-,15+,16+,17-. The summed E-state index contributed by atoms with van der Waals surface area (Å²) in [6, 6.07) is 12.6. The Labute approximate surface area is 217 Å². The number of hydrazine groups is 1. The normalized spacial score (nSPS) is 24.5. The molecule has 1 aliphatic heterocycles. The highest BCUT2D eigenvalue weighted by Gasteiger charge is 2.54. The average Bonchev–Trinajstić information content (AvgIpc) is 3.03. The van der Waals surface area contributed by atoms with Crippen LogP contribution in [0.15, 0.2) is 48.5 Å². The van der Waals surface area contributed by atoms with E-state index in [-0.39, 0.29) is 25.3 Å². The molecule has 0 bridgehead atoms. The van der Waals surface area contributed by atoms with E-state index < -0.39 is 41.9 Å². The quantitative estimate of drug-likeness (QED) is 0.264. The third kappa shape index (κ3) is 4.76. The SMILES string of the molecule is O=C(CN(C(=O)c1ccc(Cl)c(Cl)c1)N1C(=O)[C@H]2C[C@@H](Br)[C@@H](Br)C[C@H]2C1=O)c1ccccc1. The molecule has 0 unspecified atom stereocenters. The highest BCUT2D eigenvalue weighted by molar-refractivity contribution is 9.12. The van der Waals surface area contributed by atoms with Crippen LogP contribution in [-0.2, 0) is 9.59 Å². The zero-order valence-corrected chi connectivity index (χ0v) is 21.8. The van der Waals surface area contributed by atoms with Crippen LogP contribution in [0.5, 0.6) is 0 Å². The van der Waals surface area contributed by atoms with Crippen molar-refractivity contribution in [3.05, 3.63) is 69.7 Å². The van der Waals surface area contributed by atoms with Gasteiger partial charge in [-0.3, -0.25) is 19.2 Å². The second-order valence-corrected chi connectivity index (χ2v) is 11.2. The lowest BCUT2D eigenvalue weighted by molar-refractivity contribution is -0.154. The Morgan fingerprint density at radius 2 is 1.45 bits per heavy atom. The molecule has 2 aliphatic rings. The molecule has 2 aromatic rings. The minimum absolute atomic E-state index is 0.0145. The molecule has 2 fully saturated rings. The van der Waals surface area contributed by atoms with Gasteiger partial charge >= 0.3 is 0 Å². The van der Waals surface area contributed by atoms with Crippen molar-refractivity contribution >= 4 is 78.6 Å². The zero-order chi connectivity index (χ0) is 23.9. The van der Waals surface area contributed by atoms with Gasteiger partial charge in [-0.1, -0.05) is 85.4 Å². The topological polar surface area (TPSA) is 74.8 Å². The van der Waals surface area contributed by atoms with Crippen LogP contribution in [0.1, 0.15) is 33.6 Å². The van der Waals surface area contributed by atoms with Gasteiger partial charge in [-0.2, -0.15) is 5.01 Å². The summed E-state index contributed by atoms with van der Waals surface area (Å²) < 4.78 is 0. The molecule has 6 nitrogen and oxygen atoms in total. The molecule has 2 aromatic carbocycles. The van der Waals surface area contributed by atoms with Gasteiger partial charge in [-0.25, -0.2) is 5.01 Å². The fourth-order valence-corrected chi connectivity index (χ4v) is 5.71. The van der Waals surface area contributed by atoms with Gasteiger partial charge in [0.2, 0.25) is 0 Å². The number of hydrogen-bond acceptors (Lipinski definition) is 4. The predicted molar refractivity (Wildman–Crippen MR) is 132 cm³/mol. The maximum Gasteiger partial charge on any atom is 0.273 e. The van der Waals surface area contributed by atoms with Crippen molar-refractivity contribution in [2.75, 3.05) is 6.54 Å². The van der Waals surface area contributed by atoms with Crippen molar-refractivity contribution in [2.45, 2.75) is 22.5 Å². The largest absolute Gasteiger partial charge is 0.292 e. The number of ketones is 1. The molecule has 0 aromatic heterocycles. The number of rotatable bonds is 5. The molecular weight excluding hydrogens is 599 g/mol. The van der Waals surface area contributed by atoms with Crippen LogP contribution in [0, 0.1) is 11.8 Å². The third-order valence-electron chi connectivity index (χ3n) is 5.92. The minimum Gasteiger partial charge on any atom is -0.292 e. The van der Waals surface area contributed by atoms with E-state index in [4.69, 9.17) is 23.2 Å². The van der Waals surface area contributed by atoms with E-state index in [9.17, 15) is 19.2 Å². The molecule has 4 atom stereocenters. The number of fused-ring (bicyclic) bond motifs is 1. The van der Waals surface area contributed by atoms with Crippen LogP contribution in [0.3, 0.4) is 0 Å². The van der Waals surface area contributed by atoms with Crippen LogP contribution in [0.25, 0.3) is 0 Å². The highest BCUT2D eigenvalue weighted by atomic mass is 79.9. The van der Waals surface area contributed by atoms with Crippen molar-refractivity contribution in [1.82, 2.24) is 10.0 Å². The van der Waals surface area contributed by atoms with Gasteiger partial charge < -0.3 is 0 Å². The van der Waals surface area contributed by atoms with Crippen LogP contribution in [0.2, 0.25) is 10.0 Å². The van der Waals surface area contributed by atoms with Crippen LogP contribution in [-0.4, -0.2) is 49.7 Å². The number of benzene rings is 2. The number of amides is 3. The summed E-state index contributed by atoms with van der Waals surface area (Å²) in [5, 5.41) is 2.19. The zero-order valence-electron chi connectivity index (χ0n) is 17.1. The van der Waals surface area contributed by atoms with Gasteiger partial charge in [0.15, 0.2) is 5.78 Å². The Morgan fingerprint density at radius 3 is 2.00 bits per heavy atom. The maximum absolute atomic E-state index is 13.5. The number of nitrogens with zero attached hydrogens (tertiary/aromatic N) is 2. The minimum atomic E-state index is -0.691. The van der Waals surface area contributed by atoms with E-state index in [1.807, 2.05) is 0 Å². The summed E-state index contributed by atoms with van der Waals surface area (Å²) in [5.74, 6) is -3.19. The Bertz CT molecular complexity index is 1100. The number of Topliss-reactive ketones (excluding diaryl/α,β-unsaturated/α-hetero) is 1. The Hall–Kier alpha value is -1.74. The second-order valence-electron chi connectivity index (χ2n) is 7.99.